The molecule has 1 aliphatic heterocycles. The summed E-state index contributed by atoms with van der Waals surface area (Å²) < 4.78 is 15.4. The molecular weight excluding hydrogens is 263 g/mol. The Morgan fingerprint density at radius 1 is 1.33 bits per heavy atom. The van der Waals surface area contributed by atoms with E-state index in [9.17, 15) is 0 Å². The molecule has 1 saturated carbocycles. The number of nitrogens with two attached hydrogens (primary N) is 1. The molecule has 1 saturated heterocycles. The predicted octanol–water partition coefficient (Wildman–Crippen LogP) is 3.19. The van der Waals surface area contributed by atoms with Crippen LogP contribution in [-0.2, 0) is 0 Å². The molecule has 3 N–H and O–H groups in total. The standard InChI is InChI=1S/C18H29FN2/c1-2-13-7-6-12-4-3-5-14(13)18(19)16(10-12)15-8-9-21-11-17(15)20/h7,13-18,21H,2-5,8-11,20H2,1H3. The van der Waals surface area contributed by atoms with Gasteiger partial charge in [-0.25, -0.2) is 4.39 Å². The first-order chi connectivity index (χ1) is 10.2. The van der Waals surface area contributed by atoms with Crippen molar-refractivity contribution in [2.45, 2.75) is 57.7 Å². The maximum absolute atomic E-state index is 15.4. The summed E-state index contributed by atoms with van der Waals surface area (Å²) >= 11 is 0. The van der Waals surface area contributed by atoms with Crippen molar-refractivity contribution >= 4 is 0 Å². The van der Waals surface area contributed by atoms with Gasteiger partial charge in [-0.1, -0.05) is 6.92 Å². The Morgan fingerprint density at radius 2 is 2.19 bits per heavy atom. The number of alkyl halides is 1. The van der Waals surface area contributed by atoms with Gasteiger partial charge in [0, 0.05) is 12.6 Å². The Labute approximate surface area is 128 Å². The third-order valence-electron chi connectivity index (χ3n) is 5.97. The van der Waals surface area contributed by atoms with Gasteiger partial charge >= 0.3 is 0 Å². The first-order valence-corrected chi connectivity index (χ1v) is 8.75. The lowest BCUT2D eigenvalue weighted by Crippen LogP contribution is -2.51. The Hall–Kier alpha value is -0.630. The van der Waals surface area contributed by atoms with Crippen LogP contribution in [0.25, 0.3) is 0 Å². The van der Waals surface area contributed by atoms with Crippen LogP contribution in [0.5, 0.6) is 0 Å². The van der Waals surface area contributed by atoms with Crippen LogP contribution < -0.4 is 11.1 Å². The maximum atomic E-state index is 15.4. The zero-order chi connectivity index (χ0) is 14.8. The SMILES string of the molecule is CCC1C=C=C2CCCC1C(F)C(C1CCNCC1N)C2. The van der Waals surface area contributed by atoms with E-state index in [1.807, 2.05) is 0 Å². The fourth-order valence-corrected chi connectivity index (χ4v) is 4.70. The largest absolute Gasteiger partial charge is 0.326 e. The summed E-state index contributed by atoms with van der Waals surface area (Å²) in [5.41, 5.74) is 11.2. The van der Waals surface area contributed by atoms with E-state index in [1.165, 1.54) is 5.57 Å². The van der Waals surface area contributed by atoms with Crippen LogP contribution in [0.4, 0.5) is 4.39 Å². The van der Waals surface area contributed by atoms with Gasteiger partial charge in [0.15, 0.2) is 0 Å². The molecule has 1 heterocycles. The van der Waals surface area contributed by atoms with Crippen LogP contribution in [0.15, 0.2) is 17.4 Å². The number of allylic oxidation sites excluding steroid dienone is 1. The molecule has 2 bridgehead atoms. The average Bonchev–Trinajstić information content (AvgIpc) is 2.45. The zero-order valence-electron chi connectivity index (χ0n) is 13.2. The summed E-state index contributed by atoms with van der Waals surface area (Å²) in [6.45, 7) is 4.00. The molecule has 0 radical (unpaired) electrons. The molecule has 0 spiro atoms. The van der Waals surface area contributed by atoms with Crippen molar-refractivity contribution < 1.29 is 4.39 Å². The van der Waals surface area contributed by atoms with Crippen molar-refractivity contribution in [1.29, 1.82) is 0 Å². The molecule has 0 aromatic rings. The summed E-state index contributed by atoms with van der Waals surface area (Å²) in [4.78, 5) is 0. The summed E-state index contributed by atoms with van der Waals surface area (Å²) in [5.74, 6) is 0.972. The highest BCUT2D eigenvalue weighted by Gasteiger charge is 2.42. The van der Waals surface area contributed by atoms with E-state index < -0.39 is 6.17 Å². The smallest absolute Gasteiger partial charge is 0.107 e. The molecule has 0 aromatic carbocycles. The molecule has 2 fully saturated rings. The van der Waals surface area contributed by atoms with Gasteiger partial charge in [0.1, 0.15) is 6.17 Å². The third-order valence-corrected chi connectivity index (χ3v) is 5.97. The minimum absolute atomic E-state index is 0.104. The lowest BCUT2D eigenvalue weighted by Gasteiger charge is -2.42. The minimum Gasteiger partial charge on any atom is -0.326 e. The molecular formula is C18H29FN2. The molecule has 118 valence electrons. The summed E-state index contributed by atoms with van der Waals surface area (Å²) in [6, 6.07) is 0.104. The van der Waals surface area contributed by atoms with Gasteiger partial charge in [-0.2, -0.15) is 0 Å². The number of piperidine rings is 1. The molecule has 4 rings (SSSR count). The number of hydrogen-bond donors (Lipinski definition) is 2. The van der Waals surface area contributed by atoms with Crippen LogP contribution in [0.2, 0.25) is 0 Å². The molecule has 3 aliphatic carbocycles. The molecule has 2 nitrogen and oxygen atoms in total. The second-order valence-corrected chi connectivity index (χ2v) is 7.18. The van der Waals surface area contributed by atoms with E-state index in [1.54, 1.807) is 0 Å². The second kappa shape index (κ2) is 6.64. The molecule has 0 aromatic heterocycles. The van der Waals surface area contributed by atoms with E-state index in [0.29, 0.717) is 11.8 Å². The Balaban J connectivity index is 1.90. The number of halogens is 1. The third kappa shape index (κ3) is 3.11. The molecule has 4 aliphatic rings. The number of nitrogens with one attached hydrogen (secondary N) is 1. The van der Waals surface area contributed by atoms with Crippen LogP contribution >= 0.6 is 0 Å². The average molecular weight is 292 g/mol. The fourth-order valence-electron chi connectivity index (χ4n) is 4.70. The van der Waals surface area contributed by atoms with Crippen molar-refractivity contribution in [3.05, 3.63) is 17.4 Å². The Bertz CT molecular complexity index is 427. The summed E-state index contributed by atoms with van der Waals surface area (Å²) in [5, 5.41) is 3.34. The molecule has 6 unspecified atom stereocenters. The summed E-state index contributed by atoms with van der Waals surface area (Å²) in [6.07, 6.45) is 7.65. The van der Waals surface area contributed by atoms with Crippen LogP contribution in [0.1, 0.15) is 45.4 Å². The first-order valence-electron chi connectivity index (χ1n) is 8.75. The maximum Gasteiger partial charge on any atom is 0.107 e. The highest BCUT2D eigenvalue weighted by molar-refractivity contribution is 5.12. The van der Waals surface area contributed by atoms with E-state index in [0.717, 1.165) is 51.6 Å². The van der Waals surface area contributed by atoms with E-state index in [2.05, 4.69) is 24.0 Å². The number of rotatable bonds is 2. The first kappa shape index (κ1) is 15.3. The molecule has 21 heavy (non-hydrogen) atoms. The minimum atomic E-state index is -0.697. The van der Waals surface area contributed by atoms with Gasteiger partial charge in [0.2, 0.25) is 0 Å². The van der Waals surface area contributed by atoms with E-state index in [-0.39, 0.29) is 17.9 Å². The van der Waals surface area contributed by atoms with Gasteiger partial charge in [-0.15, -0.1) is 5.73 Å². The van der Waals surface area contributed by atoms with Crippen molar-refractivity contribution in [2.75, 3.05) is 13.1 Å². The van der Waals surface area contributed by atoms with Crippen molar-refractivity contribution in [1.82, 2.24) is 5.32 Å². The van der Waals surface area contributed by atoms with Gasteiger partial charge in [0.05, 0.1) is 0 Å². The van der Waals surface area contributed by atoms with Gasteiger partial charge in [-0.05, 0) is 80.4 Å². The topological polar surface area (TPSA) is 38.0 Å². The summed E-state index contributed by atoms with van der Waals surface area (Å²) in [7, 11) is 0. The molecule has 3 heteroatoms. The Morgan fingerprint density at radius 3 is 2.95 bits per heavy atom. The van der Waals surface area contributed by atoms with E-state index >= 15 is 4.39 Å². The van der Waals surface area contributed by atoms with Crippen molar-refractivity contribution in [3.63, 3.8) is 0 Å². The molecule has 6 atom stereocenters. The zero-order valence-corrected chi connectivity index (χ0v) is 13.2. The van der Waals surface area contributed by atoms with Gasteiger partial charge < -0.3 is 11.1 Å². The van der Waals surface area contributed by atoms with E-state index in [4.69, 9.17) is 5.73 Å². The lowest BCUT2D eigenvalue weighted by molar-refractivity contribution is 0.0499. The van der Waals surface area contributed by atoms with Crippen molar-refractivity contribution in [3.8, 4) is 0 Å². The number of fused-ring (bicyclic) bond motifs is 5. The highest BCUT2D eigenvalue weighted by atomic mass is 19.1. The van der Waals surface area contributed by atoms with Gasteiger partial charge in [0.25, 0.3) is 0 Å². The van der Waals surface area contributed by atoms with Crippen LogP contribution in [0, 0.1) is 23.7 Å². The quantitative estimate of drug-likeness (QED) is 0.767. The van der Waals surface area contributed by atoms with Crippen molar-refractivity contribution in [2.24, 2.45) is 29.4 Å². The monoisotopic (exact) mass is 292 g/mol. The highest BCUT2D eigenvalue weighted by Crippen LogP contribution is 2.43. The van der Waals surface area contributed by atoms with Crippen LogP contribution in [0.3, 0.4) is 0 Å². The Kier molecular flexibility index (Phi) is 4.83. The second-order valence-electron chi connectivity index (χ2n) is 7.18. The van der Waals surface area contributed by atoms with Crippen LogP contribution in [-0.4, -0.2) is 25.3 Å². The molecule has 0 amide bonds. The van der Waals surface area contributed by atoms with Gasteiger partial charge in [-0.3, -0.25) is 0 Å². The fraction of sp³-hybridized carbons (Fsp3) is 0.833. The number of hydrogen-bond acceptors (Lipinski definition) is 2. The lowest BCUT2D eigenvalue weighted by atomic mass is 9.66. The normalized spacial score (nSPS) is 43.9. The predicted molar refractivity (Wildman–Crippen MR) is 84.7 cm³/mol.